The fourth-order valence-electron chi connectivity index (χ4n) is 1.58. The van der Waals surface area contributed by atoms with E-state index in [2.05, 4.69) is 21.2 Å². The molecule has 2 rings (SSSR count). The predicted molar refractivity (Wildman–Crippen MR) is 79.6 cm³/mol. The predicted octanol–water partition coefficient (Wildman–Crippen LogP) is 4.62. The maximum absolute atomic E-state index is 10.7. The summed E-state index contributed by atoms with van der Waals surface area (Å²) in [6.07, 6.45) is 0. The highest BCUT2D eigenvalue weighted by molar-refractivity contribution is 9.10. The molecule has 0 saturated heterocycles. The molecule has 0 spiro atoms. The Kier molecular flexibility index (Phi) is 4.39. The average Bonchev–Trinajstić information content (AvgIpc) is 2.39. The Morgan fingerprint density at radius 3 is 2.53 bits per heavy atom. The number of hydrogen-bond acceptors (Lipinski definition) is 3. The minimum atomic E-state index is -0.431. The van der Waals surface area contributed by atoms with E-state index in [0.29, 0.717) is 17.1 Å². The molecular formula is C13H10BrClN2O2. The van der Waals surface area contributed by atoms with Crippen LogP contribution < -0.4 is 5.32 Å². The number of nitro groups is 1. The van der Waals surface area contributed by atoms with Crippen molar-refractivity contribution < 1.29 is 4.92 Å². The molecular weight excluding hydrogens is 332 g/mol. The highest BCUT2D eigenvalue weighted by Crippen LogP contribution is 2.23. The van der Waals surface area contributed by atoms with Gasteiger partial charge in [-0.15, -0.1) is 0 Å². The lowest BCUT2D eigenvalue weighted by atomic mass is 10.2. The second-order valence-electron chi connectivity index (χ2n) is 3.89. The van der Waals surface area contributed by atoms with Crippen molar-refractivity contribution in [2.75, 3.05) is 5.32 Å². The van der Waals surface area contributed by atoms with Crippen molar-refractivity contribution in [3.63, 3.8) is 0 Å². The molecule has 0 unspecified atom stereocenters. The molecule has 98 valence electrons. The van der Waals surface area contributed by atoms with E-state index in [4.69, 9.17) is 11.6 Å². The van der Waals surface area contributed by atoms with Gasteiger partial charge >= 0.3 is 0 Å². The molecule has 4 nitrogen and oxygen atoms in total. The molecule has 0 bridgehead atoms. The zero-order chi connectivity index (χ0) is 13.8. The van der Waals surface area contributed by atoms with E-state index >= 15 is 0 Å². The highest BCUT2D eigenvalue weighted by atomic mass is 79.9. The minimum absolute atomic E-state index is 0.0389. The van der Waals surface area contributed by atoms with E-state index in [1.165, 1.54) is 18.2 Å². The fraction of sp³-hybridized carbons (Fsp3) is 0.0769. The second-order valence-corrected chi connectivity index (χ2v) is 5.22. The Morgan fingerprint density at radius 1 is 1.21 bits per heavy atom. The number of anilines is 1. The van der Waals surface area contributed by atoms with Gasteiger partial charge in [0.15, 0.2) is 0 Å². The van der Waals surface area contributed by atoms with Gasteiger partial charge in [0.05, 0.1) is 4.92 Å². The van der Waals surface area contributed by atoms with E-state index < -0.39 is 4.92 Å². The number of rotatable bonds is 4. The van der Waals surface area contributed by atoms with Gasteiger partial charge in [-0.3, -0.25) is 10.1 Å². The van der Waals surface area contributed by atoms with Crippen molar-refractivity contribution in [1.82, 2.24) is 0 Å². The molecule has 0 fully saturated rings. The summed E-state index contributed by atoms with van der Waals surface area (Å²) in [5.74, 6) is 0. The third-order valence-electron chi connectivity index (χ3n) is 2.57. The number of nitrogens with one attached hydrogen (secondary N) is 1. The average molecular weight is 342 g/mol. The maximum Gasteiger partial charge on any atom is 0.269 e. The van der Waals surface area contributed by atoms with E-state index in [-0.39, 0.29) is 5.69 Å². The SMILES string of the molecule is O=[N+]([O-])c1ccc(Cl)c(CNc2ccc(Br)cc2)c1. The van der Waals surface area contributed by atoms with Crippen molar-refractivity contribution >= 4 is 38.9 Å². The van der Waals surface area contributed by atoms with Crippen LogP contribution in [0.25, 0.3) is 0 Å². The summed E-state index contributed by atoms with van der Waals surface area (Å²) in [7, 11) is 0. The summed E-state index contributed by atoms with van der Waals surface area (Å²) in [6, 6.07) is 12.1. The van der Waals surface area contributed by atoms with Crippen LogP contribution >= 0.6 is 27.5 Å². The van der Waals surface area contributed by atoms with E-state index in [9.17, 15) is 10.1 Å². The molecule has 0 aromatic heterocycles. The Labute approximate surface area is 123 Å². The number of non-ortho nitro benzene ring substituents is 1. The molecule has 6 heteroatoms. The first-order valence-electron chi connectivity index (χ1n) is 5.48. The van der Waals surface area contributed by atoms with Crippen molar-refractivity contribution in [3.05, 3.63) is 67.6 Å². The zero-order valence-corrected chi connectivity index (χ0v) is 12.1. The monoisotopic (exact) mass is 340 g/mol. The lowest BCUT2D eigenvalue weighted by Crippen LogP contribution is -2.01. The first-order valence-corrected chi connectivity index (χ1v) is 6.65. The summed E-state index contributed by atoms with van der Waals surface area (Å²) < 4.78 is 0.992. The topological polar surface area (TPSA) is 55.2 Å². The van der Waals surface area contributed by atoms with Crippen LogP contribution in [0.2, 0.25) is 5.02 Å². The van der Waals surface area contributed by atoms with Crippen LogP contribution in [0, 0.1) is 10.1 Å². The van der Waals surface area contributed by atoms with Crippen LogP contribution in [0.5, 0.6) is 0 Å². The molecule has 0 radical (unpaired) electrons. The quantitative estimate of drug-likeness (QED) is 0.652. The van der Waals surface area contributed by atoms with Crippen molar-refractivity contribution in [2.45, 2.75) is 6.54 Å². The number of nitro benzene ring substituents is 1. The number of hydrogen-bond donors (Lipinski definition) is 1. The van der Waals surface area contributed by atoms with Crippen LogP contribution in [-0.4, -0.2) is 4.92 Å². The highest BCUT2D eigenvalue weighted by Gasteiger charge is 2.09. The standard InChI is InChI=1S/C13H10BrClN2O2/c14-10-1-3-11(4-2-10)16-8-9-7-12(17(18)19)5-6-13(9)15/h1-7,16H,8H2. The number of nitrogens with zero attached hydrogens (tertiary/aromatic N) is 1. The van der Waals surface area contributed by atoms with Gasteiger partial charge in [-0.1, -0.05) is 27.5 Å². The first-order chi connectivity index (χ1) is 9.06. The number of halogens is 2. The Morgan fingerprint density at radius 2 is 1.89 bits per heavy atom. The molecule has 2 aromatic carbocycles. The van der Waals surface area contributed by atoms with Crippen molar-refractivity contribution in [3.8, 4) is 0 Å². The minimum Gasteiger partial charge on any atom is -0.381 e. The molecule has 0 heterocycles. The molecule has 0 amide bonds. The normalized spacial score (nSPS) is 10.2. The molecule has 1 N–H and O–H groups in total. The van der Waals surface area contributed by atoms with Crippen LogP contribution in [0.1, 0.15) is 5.56 Å². The second kappa shape index (κ2) is 6.04. The van der Waals surface area contributed by atoms with Gasteiger partial charge in [-0.25, -0.2) is 0 Å². The number of benzene rings is 2. The smallest absolute Gasteiger partial charge is 0.269 e. The molecule has 0 aliphatic heterocycles. The van der Waals surface area contributed by atoms with Crippen LogP contribution in [0.15, 0.2) is 46.9 Å². The molecule has 19 heavy (non-hydrogen) atoms. The largest absolute Gasteiger partial charge is 0.381 e. The van der Waals surface area contributed by atoms with Gasteiger partial charge in [0.1, 0.15) is 0 Å². The van der Waals surface area contributed by atoms with E-state index in [1.54, 1.807) is 0 Å². The molecule has 0 saturated carbocycles. The summed E-state index contributed by atoms with van der Waals surface area (Å²) >= 11 is 9.38. The Hall–Kier alpha value is -1.59. The zero-order valence-electron chi connectivity index (χ0n) is 9.77. The lowest BCUT2D eigenvalue weighted by Gasteiger charge is -2.08. The van der Waals surface area contributed by atoms with Gasteiger partial charge < -0.3 is 5.32 Å². The van der Waals surface area contributed by atoms with Gasteiger partial charge in [0.2, 0.25) is 0 Å². The van der Waals surface area contributed by atoms with Gasteiger partial charge in [0, 0.05) is 33.9 Å². The van der Waals surface area contributed by atoms with Gasteiger partial charge in [-0.2, -0.15) is 0 Å². The van der Waals surface area contributed by atoms with Gasteiger partial charge in [0.25, 0.3) is 5.69 Å². The van der Waals surface area contributed by atoms with E-state index in [1.807, 2.05) is 24.3 Å². The maximum atomic E-state index is 10.7. The fourth-order valence-corrected chi connectivity index (χ4v) is 2.02. The van der Waals surface area contributed by atoms with Crippen molar-refractivity contribution in [1.29, 1.82) is 0 Å². The molecule has 2 aromatic rings. The van der Waals surface area contributed by atoms with Crippen LogP contribution in [0.4, 0.5) is 11.4 Å². The molecule has 0 aliphatic rings. The van der Waals surface area contributed by atoms with Crippen LogP contribution in [-0.2, 0) is 6.54 Å². The van der Waals surface area contributed by atoms with Crippen LogP contribution in [0.3, 0.4) is 0 Å². The third kappa shape index (κ3) is 3.68. The van der Waals surface area contributed by atoms with E-state index in [0.717, 1.165) is 10.2 Å². The summed E-state index contributed by atoms with van der Waals surface area (Å²) in [6.45, 7) is 0.433. The van der Waals surface area contributed by atoms with Gasteiger partial charge in [-0.05, 0) is 35.9 Å². The summed E-state index contributed by atoms with van der Waals surface area (Å²) in [4.78, 5) is 10.3. The first kappa shape index (κ1) is 13.8. The molecule has 0 atom stereocenters. The summed E-state index contributed by atoms with van der Waals surface area (Å²) in [5, 5.41) is 14.4. The Bertz CT molecular complexity index is 602. The Balaban J connectivity index is 2.12. The third-order valence-corrected chi connectivity index (χ3v) is 3.46. The summed E-state index contributed by atoms with van der Waals surface area (Å²) in [5.41, 5.74) is 1.65. The van der Waals surface area contributed by atoms with Crippen molar-refractivity contribution in [2.24, 2.45) is 0 Å². The lowest BCUT2D eigenvalue weighted by molar-refractivity contribution is -0.384. The molecule has 0 aliphatic carbocycles.